The molecule has 10 nitrogen and oxygen atoms in total. The lowest BCUT2D eigenvalue weighted by Crippen LogP contribution is -2.53. The maximum absolute atomic E-state index is 14.1. The third-order valence-electron chi connectivity index (χ3n) is 5.62. The first-order chi connectivity index (χ1) is 15.8. The summed E-state index contributed by atoms with van der Waals surface area (Å²) in [5.74, 6) is 4.64. The predicted octanol–water partition coefficient (Wildman–Crippen LogP) is 3.55. The van der Waals surface area contributed by atoms with Crippen LogP contribution in [0.3, 0.4) is 0 Å². The number of nitrogens with two attached hydrogens (primary N) is 1. The summed E-state index contributed by atoms with van der Waals surface area (Å²) in [5.41, 5.74) is 1.88. The van der Waals surface area contributed by atoms with Crippen molar-refractivity contribution in [2.45, 2.75) is 18.9 Å². The van der Waals surface area contributed by atoms with E-state index in [0.29, 0.717) is 40.7 Å². The van der Waals surface area contributed by atoms with E-state index in [2.05, 4.69) is 31.2 Å². The minimum atomic E-state index is -1.19. The molecule has 12 heteroatoms. The molecule has 3 heterocycles. The number of aromatic amines is 1. The second kappa shape index (κ2) is 9.24. The summed E-state index contributed by atoms with van der Waals surface area (Å²) in [6, 6.07) is 3.58. The second-order valence-electron chi connectivity index (χ2n) is 7.62. The van der Waals surface area contributed by atoms with Gasteiger partial charge in [0.15, 0.2) is 11.6 Å². The average molecular weight is 521 g/mol. The zero-order valence-corrected chi connectivity index (χ0v) is 19.2. The minimum absolute atomic E-state index is 0.0454. The number of nitrogens with one attached hydrogen (secondary N) is 2. The summed E-state index contributed by atoms with van der Waals surface area (Å²) in [6.07, 6.45) is 3.44. The van der Waals surface area contributed by atoms with Crippen LogP contribution < -0.4 is 20.8 Å². The Morgan fingerprint density at radius 2 is 2.24 bits per heavy atom. The molecule has 0 bridgehead atoms. The number of amides is 2. The van der Waals surface area contributed by atoms with Crippen molar-refractivity contribution < 1.29 is 23.8 Å². The number of pyridine rings is 1. The number of rotatable bonds is 5. The molecular weight excluding hydrogens is 499 g/mol. The second-order valence-corrected chi connectivity index (χ2v) is 8.47. The number of carbonyl (C=O) groups excluding carboxylic acids is 1. The largest absolute Gasteiger partial charge is 0.494 e. The Balaban J connectivity index is 1.67. The first kappa shape index (κ1) is 22.8. The molecule has 1 atom stereocenters. The standard InChI is InChI=1S/C21H22BrFN6O4/c1-33-16-5-4-11(7-14(16)23)20(30)27-15-9-26-19-17(15)18(13(22)8-25-19)28-6-2-3-12(10-28)29(24)21(31)32/h4-5,7-9,12H,2-3,6,10,24H2,1H3,(H,25,26)(H,27,30)(H,31,32)/t12-/m1/s1. The highest BCUT2D eigenvalue weighted by atomic mass is 79.9. The number of nitrogens with zero attached hydrogens (tertiary/aromatic N) is 3. The van der Waals surface area contributed by atoms with Crippen LogP contribution in [0.1, 0.15) is 23.2 Å². The van der Waals surface area contributed by atoms with Gasteiger partial charge in [0, 0.05) is 31.0 Å². The number of hydrogen-bond acceptors (Lipinski definition) is 6. The van der Waals surface area contributed by atoms with Crippen molar-refractivity contribution in [2.24, 2.45) is 5.84 Å². The van der Waals surface area contributed by atoms with Gasteiger partial charge in [0.1, 0.15) is 5.65 Å². The third kappa shape index (κ3) is 4.44. The Bertz CT molecular complexity index is 1220. The van der Waals surface area contributed by atoms with Crippen molar-refractivity contribution in [3.05, 3.63) is 46.4 Å². The Hall–Kier alpha value is -3.38. The van der Waals surface area contributed by atoms with Gasteiger partial charge in [-0.05, 0) is 47.0 Å². The summed E-state index contributed by atoms with van der Waals surface area (Å²) in [4.78, 5) is 33.6. The molecule has 33 heavy (non-hydrogen) atoms. The topological polar surface area (TPSA) is 137 Å². The smallest absolute Gasteiger partial charge is 0.421 e. The van der Waals surface area contributed by atoms with E-state index in [-0.39, 0.29) is 17.4 Å². The van der Waals surface area contributed by atoms with Crippen LogP contribution in [-0.2, 0) is 0 Å². The lowest BCUT2D eigenvalue weighted by Gasteiger charge is -2.38. The number of fused-ring (bicyclic) bond motifs is 1. The summed E-state index contributed by atoms with van der Waals surface area (Å²) < 4.78 is 19.7. The molecule has 1 aliphatic heterocycles. The van der Waals surface area contributed by atoms with E-state index in [0.717, 1.165) is 23.2 Å². The van der Waals surface area contributed by atoms with Crippen molar-refractivity contribution in [1.82, 2.24) is 15.0 Å². The normalized spacial score (nSPS) is 16.0. The number of methoxy groups -OCH3 is 1. The molecule has 1 aliphatic rings. The Kier molecular flexibility index (Phi) is 6.38. The van der Waals surface area contributed by atoms with E-state index in [1.165, 1.54) is 19.2 Å². The van der Waals surface area contributed by atoms with Gasteiger partial charge in [-0.2, -0.15) is 0 Å². The van der Waals surface area contributed by atoms with Gasteiger partial charge in [-0.3, -0.25) is 4.79 Å². The number of carboxylic acid groups (broad SMARTS) is 1. The van der Waals surface area contributed by atoms with Crippen molar-refractivity contribution in [1.29, 1.82) is 0 Å². The van der Waals surface area contributed by atoms with E-state index in [9.17, 15) is 19.1 Å². The molecule has 2 aromatic heterocycles. The average Bonchev–Trinajstić information content (AvgIpc) is 3.20. The molecule has 0 saturated carbocycles. The summed E-state index contributed by atoms with van der Waals surface area (Å²) >= 11 is 3.54. The quantitative estimate of drug-likeness (QED) is 0.229. The van der Waals surface area contributed by atoms with E-state index < -0.39 is 17.8 Å². The fourth-order valence-corrected chi connectivity index (χ4v) is 4.56. The number of hydrazine groups is 1. The molecule has 0 unspecified atom stereocenters. The number of halogens is 2. The van der Waals surface area contributed by atoms with Crippen LogP contribution in [0.15, 0.2) is 35.1 Å². The number of ether oxygens (including phenoxy) is 1. The molecule has 5 N–H and O–H groups in total. The Morgan fingerprint density at radius 1 is 1.45 bits per heavy atom. The van der Waals surface area contributed by atoms with Gasteiger partial charge in [0.05, 0.1) is 34.4 Å². The summed E-state index contributed by atoms with van der Waals surface area (Å²) in [7, 11) is 1.35. The number of carbonyl (C=O) groups is 2. The Morgan fingerprint density at radius 3 is 2.94 bits per heavy atom. The van der Waals surface area contributed by atoms with Crippen LogP contribution in [0, 0.1) is 5.82 Å². The zero-order chi connectivity index (χ0) is 23.7. The van der Waals surface area contributed by atoms with Gasteiger partial charge in [0.25, 0.3) is 5.91 Å². The fourth-order valence-electron chi connectivity index (χ4n) is 4.01. The number of anilines is 2. The summed E-state index contributed by atoms with van der Waals surface area (Å²) in [5, 5.41) is 13.5. The van der Waals surface area contributed by atoms with Gasteiger partial charge in [-0.25, -0.2) is 25.0 Å². The number of H-pyrrole nitrogens is 1. The number of piperidine rings is 1. The zero-order valence-electron chi connectivity index (χ0n) is 17.6. The van der Waals surface area contributed by atoms with Gasteiger partial charge in [0.2, 0.25) is 0 Å². The molecule has 3 aromatic rings. The lowest BCUT2D eigenvalue weighted by atomic mass is 10.0. The van der Waals surface area contributed by atoms with Crippen molar-refractivity contribution in [2.75, 3.05) is 30.4 Å². The highest BCUT2D eigenvalue weighted by Crippen LogP contribution is 2.39. The maximum atomic E-state index is 14.1. The van der Waals surface area contributed by atoms with E-state index in [1.54, 1.807) is 12.4 Å². The molecule has 174 valence electrons. The first-order valence-electron chi connectivity index (χ1n) is 10.1. The SMILES string of the molecule is COc1ccc(C(=O)Nc2c[nH]c3ncc(Br)c(N4CCC[C@@H](N(N)C(=O)O)C4)c23)cc1F. The van der Waals surface area contributed by atoms with Crippen LogP contribution >= 0.6 is 15.9 Å². The fraction of sp³-hybridized carbons (Fsp3) is 0.286. The van der Waals surface area contributed by atoms with E-state index >= 15 is 0 Å². The molecule has 0 aliphatic carbocycles. The lowest BCUT2D eigenvalue weighted by molar-refractivity contribution is 0.102. The van der Waals surface area contributed by atoms with Crippen molar-refractivity contribution in [3.63, 3.8) is 0 Å². The molecule has 1 aromatic carbocycles. The third-order valence-corrected chi connectivity index (χ3v) is 6.20. The highest BCUT2D eigenvalue weighted by molar-refractivity contribution is 9.10. The molecule has 4 rings (SSSR count). The maximum Gasteiger partial charge on any atom is 0.421 e. The summed E-state index contributed by atoms with van der Waals surface area (Å²) in [6.45, 7) is 1.05. The molecule has 1 saturated heterocycles. The van der Waals surface area contributed by atoms with Crippen molar-refractivity contribution >= 4 is 50.3 Å². The molecule has 2 amide bonds. The monoisotopic (exact) mass is 520 g/mol. The van der Waals surface area contributed by atoms with E-state index in [1.807, 2.05) is 4.90 Å². The molecule has 0 radical (unpaired) electrons. The number of hydrogen-bond donors (Lipinski definition) is 4. The predicted molar refractivity (Wildman–Crippen MR) is 124 cm³/mol. The number of benzene rings is 1. The molecule has 1 fully saturated rings. The van der Waals surface area contributed by atoms with Gasteiger partial charge >= 0.3 is 6.09 Å². The van der Waals surface area contributed by atoms with Crippen molar-refractivity contribution in [3.8, 4) is 5.75 Å². The van der Waals surface area contributed by atoms with Gasteiger partial charge in [-0.1, -0.05) is 0 Å². The van der Waals surface area contributed by atoms with Crippen LogP contribution in [0.25, 0.3) is 11.0 Å². The molecular formula is C21H22BrFN6O4. The van der Waals surface area contributed by atoms with E-state index in [4.69, 9.17) is 10.6 Å². The highest BCUT2D eigenvalue weighted by Gasteiger charge is 2.29. The molecule has 0 spiro atoms. The Labute approximate surface area is 196 Å². The number of aromatic nitrogens is 2. The van der Waals surface area contributed by atoms with Crippen LogP contribution in [0.4, 0.5) is 20.6 Å². The first-order valence-corrected chi connectivity index (χ1v) is 10.9. The van der Waals surface area contributed by atoms with Crippen LogP contribution in [0.5, 0.6) is 5.75 Å². The van der Waals surface area contributed by atoms with Gasteiger partial charge in [-0.15, -0.1) is 0 Å². The minimum Gasteiger partial charge on any atom is -0.494 e. The van der Waals surface area contributed by atoms with Gasteiger partial charge < -0.3 is 25.0 Å². The van der Waals surface area contributed by atoms with Crippen LogP contribution in [0.2, 0.25) is 0 Å². The van der Waals surface area contributed by atoms with Crippen LogP contribution in [-0.4, -0.2) is 58.3 Å².